The zero-order valence-corrected chi connectivity index (χ0v) is 11.4. The Morgan fingerprint density at radius 2 is 2.18 bits per heavy atom. The normalized spacial score (nSPS) is 12.5. The van der Waals surface area contributed by atoms with Gasteiger partial charge in [0.15, 0.2) is 11.5 Å². The van der Waals surface area contributed by atoms with E-state index in [1.807, 2.05) is 6.92 Å². The van der Waals surface area contributed by atoms with E-state index < -0.39 is 0 Å². The molecule has 0 aliphatic heterocycles. The molecule has 1 rings (SSSR count). The zero-order chi connectivity index (χ0) is 12.8. The van der Waals surface area contributed by atoms with Crippen LogP contribution in [0.2, 0.25) is 0 Å². The molecule has 0 saturated carbocycles. The van der Waals surface area contributed by atoms with Crippen LogP contribution in [0.1, 0.15) is 31.4 Å². The van der Waals surface area contributed by atoms with Crippen LogP contribution in [0.15, 0.2) is 16.6 Å². The van der Waals surface area contributed by atoms with Crippen molar-refractivity contribution in [3.8, 4) is 11.5 Å². The van der Waals surface area contributed by atoms with Gasteiger partial charge < -0.3 is 20.7 Å². The molecule has 0 spiro atoms. The highest BCUT2D eigenvalue weighted by Crippen LogP contribution is 2.37. The van der Waals surface area contributed by atoms with Crippen LogP contribution >= 0.6 is 15.9 Å². The van der Waals surface area contributed by atoms with Crippen LogP contribution in [-0.2, 0) is 0 Å². The van der Waals surface area contributed by atoms with Gasteiger partial charge in [-0.25, -0.2) is 0 Å². The molecule has 0 heterocycles. The second-order valence-electron chi connectivity index (χ2n) is 3.75. The number of ether oxygens (including phenoxy) is 1. The Labute approximate surface area is 110 Å². The molecule has 0 saturated heterocycles. The van der Waals surface area contributed by atoms with Gasteiger partial charge in [0.1, 0.15) is 0 Å². The summed E-state index contributed by atoms with van der Waals surface area (Å²) in [4.78, 5) is 0. The maximum atomic E-state index is 9.76. The van der Waals surface area contributed by atoms with Crippen LogP contribution < -0.4 is 10.5 Å². The molecule has 0 aliphatic carbocycles. The topological polar surface area (TPSA) is 75.7 Å². The molecule has 0 radical (unpaired) electrons. The molecule has 17 heavy (non-hydrogen) atoms. The van der Waals surface area contributed by atoms with E-state index >= 15 is 0 Å². The molecule has 4 nitrogen and oxygen atoms in total. The Kier molecular flexibility index (Phi) is 5.74. The van der Waals surface area contributed by atoms with Gasteiger partial charge in [0.25, 0.3) is 0 Å². The van der Waals surface area contributed by atoms with Crippen LogP contribution in [0, 0.1) is 0 Å². The maximum Gasteiger partial charge on any atom is 0.172 e. The number of halogens is 1. The van der Waals surface area contributed by atoms with E-state index in [1.165, 1.54) is 0 Å². The molecule has 0 amide bonds. The minimum atomic E-state index is -0.168. The summed E-state index contributed by atoms with van der Waals surface area (Å²) in [6.45, 7) is 2.46. The second kappa shape index (κ2) is 6.83. The number of rotatable bonds is 6. The number of nitrogens with two attached hydrogens (primary N) is 1. The van der Waals surface area contributed by atoms with E-state index in [-0.39, 0.29) is 18.4 Å². The summed E-state index contributed by atoms with van der Waals surface area (Å²) in [5.74, 6) is 0.515. The molecule has 5 heteroatoms. The number of aromatic hydroxyl groups is 1. The average molecular weight is 304 g/mol. The van der Waals surface area contributed by atoms with Crippen LogP contribution in [0.3, 0.4) is 0 Å². The Hall–Kier alpha value is -0.780. The molecule has 0 aromatic heterocycles. The first-order chi connectivity index (χ1) is 8.10. The van der Waals surface area contributed by atoms with Gasteiger partial charge in [-0.1, -0.05) is 0 Å². The van der Waals surface area contributed by atoms with E-state index in [2.05, 4.69) is 15.9 Å². The fourth-order valence-electron chi connectivity index (χ4n) is 1.55. The highest BCUT2D eigenvalue weighted by molar-refractivity contribution is 9.10. The molecule has 96 valence electrons. The van der Waals surface area contributed by atoms with Crippen molar-refractivity contribution in [3.63, 3.8) is 0 Å². The highest BCUT2D eigenvalue weighted by Gasteiger charge is 2.13. The average Bonchev–Trinajstić information content (AvgIpc) is 2.31. The molecule has 0 aliphatic rings. The Morgan fingerprint density at radius 1 is 1.47 bits per heavy atom. The monoisotopic (exact) mass is 303 g/mol. The Bertz CT molecular complexity index is 371. The number of phenolic OH excluding ortho intramolecular Hbond substituents is 1. The first-order valence-corrected chi connectivity index (χ1v) is 6.41. The zero-order valence-electron chi connectivity index (χ0n) is 9.82. The lowest BCUT2D eigenvalue weighted by Gasteiger charge is -2.15. The molecular weight excluding hydrogens is 286 g/mol. The maximum absolute atomic E-state index is 9.76. The van der Waals surface area contributed by atoms with Crippen molar-refractivity contribution >= 4 is 15.9 Å². The van der Waals surface area contributed by atoms with Gasteiger partial charge in [0, 0.05) is 12.6 Å². The minimum Gasteiger partial charge on any atom is -0.503 e. The number of phenols is 1. The quantitative estimate of drug-likeness (QED) is 0.754. The lowest BCUT2D eigenvalue weighted by Crippen LogP contribution is -2.11. The third-order valence-electron chi connectivity index (χ3n) is 2.45. The fourth-order valence-corrected chi connectivity index (χ4v) is 2.01. The predicted molar refractivity (Wildman–Crippen MR) is 70.2 cm³/mol. The van der Waals surface area contributed by atoms with Crippen LogP contribution in [0.4, 0.5) is 0 Å². The van der Waals surface area contributed by atoms with Crippen LogP contribution in [0.25, 0.3) is 0 Å². The fraction of sp³-hybridized carbons (Fsp3) is 0.500. The van der Waals surface area contributed by atoms with E-state index in [0.29, 0.717) is 29.7 Å². The van der Waals surface area contributed by atoms with Crippen molar-refractivity contribution in [2.75, 3.05) is 13.2 Å². The number of aliphatic hydroxyl groups excluding tert-OH is 1. The Balaban J connectivity index is 2.92. The van der Waals surface area contributed by atoms with Gasteiger partial charge in [-0.3, -0.25) is 0 Å². The smallest absolute Gasteiger partial charge is 0.172 e. The third-order valence-corrected chi connectivity index (χ3v) is 3.06. The third kappa shape index (κ3) is 3.87. The summed E-state index contributed by atoms with van der Waals surface area (Å²) in [5.41, 5.74) is 6.88. The highest BCUT2D eigenvalue weighted by atomic mass is 79.9. The molecule has 4 N–H and O–H groups in total. The molecule has 0 fully saturated rings. The van der Waals surface area contributed by atoms with Gasteiger partial charge in [-0.15, -0.1) is 0 Å². The predicted octanol–water partition coefficient (Wildman–Crippen LogP) is 2.33. The molecule has 1 aromatic carbocycles. The van der Waals surface area contributed by atoms with Gasteiger partial charge in [-0.2, -0.15) is 0 Å². The molecule has 0 bridgehead atoms. The number of aliphatic hydroxyl groups is 1. The number of hydrogen-bond donors (Lipinski definition) is 3. The molecule has 1 aromatic rings. The Morgan fingerprint density at radius 3 is 2.76 bits per heavy atom. The number of benzene rings is 1. The lowest BCUT2D eigenvalue weighted by molar-refractivity contribution is 0.279. The summed E-state index contributed by atoms with van der Waals surface area (Å²) in [6, 6.07) is 3.35. The minimum absolute atomic E-state index is 0.0879. The molecule has 1 atom stereocenters. The SMILES string of the molecule is CCOc1cc([C@H](N)CCCO)cc(Br)c1O. The van der Waals surface area contributed by atoms with Crippen LogP contribution in [0.5, 0.6) is 11.5 Å². The number of hydrogen-bond acceptors (Lipinski definition) is 4. The first kappa shape index (κ1) is 14.3. The standard InChI is InChI=1S/C12H18BrNO3/c1-2-17-11-7-8(6-9(13)12(11)16)10(14)4-3-5-15/h6-7,10,15-16H,2-5,14H2,1H3/t10-/m1/s1. The van der Waals surface area contributed by atoms with E-state index in [0.717, 1.165) is 5.56 Å². The van der Waals surface area contributed by atoms with Crippen LogP contribution in [-0.4, -0.2) is 23.4 Å². The van der Waals surface area contributed by atoms with E-state index in [1.54, 1.807) is 12.1 Å². The van der Waals surface area contributed by atoms with Gasteiger partial charge in [-0.05, 0) is 53.4 Å². The first-order valence-electron chi connectivity index (χ1n) is 5.61. The van der Waals surface area contributed by atoms with E-state index in [9.17, 15) is 5.11 Å². The molecule has 0 unspecified atom stereocenters. The van der Waals surface area contributed by atoms with Crippen molar-refractivity contribution in [2.45, 2.75) is 25.8 Å². The van der Waals surface area contributed by atoms with Crippen molar-refractivity contribution in [1.29, 1.82) is 0 Å². The van der Waals surface area contributed by atoms with Crippen molar-refractivity contribution in [1.82, 2.24) is 0 Å². The summed E-state index contributed by atoms with van der Waals surface area (Å²) < 4.78 is 5.90. The second-order valence-corrected chi connectivity index (χ2v) is 4.61. The van der Waals surface area contributed by atoms with Gasteiger partial charge >= 0.3 is 0 Å². The summed E-state index contributed by atoms with van der Waals surface area (Å²) in [7, 11) is 0. The molecular formula is C12H18BrNO3. The van der Waals surface area contributed by atoms with Crippen molar-refractivity contribution in [3.05, 3.63) is 22.2 Å². The largest absolute Gasteiger partial charge is 0.503 e. The lowest BCUT2D eigenvalue weighted by atomic mass is 10.0. The van der Waals surface area contributed by atoms with Crippen molar-refractivity contribution < 1.29 is 14.9 Å². The van der Waals surface area contributed by atoms with Gasteiger partial charge in [0.05, 0.1) is 11.1 Å². The summed E-state index contributed by atoms with van der Waals surface area (Å²) >= 11 is 3.27. The summed E-state index contributed by atoms with van der Waals surface area (Å²) in [6.07, 6.45) is 1.35. The van der Waals surface area contributed by atoms with E-state index in [4.69, 9.17) is 15.6 Å². The summed E-state index contributed by atoms with van der Waals surface area (Å²) in [5, 5.41) is 18.5. The van der Waals surface area contributed by atoms with Crippen molar-refractivity contribution in [2.24, 2.45) is 5.73 Å². The van der Waals surface area contributed by atoms with Gasteiger partial charge in [0.2, 0.25) is 0 Å².